The molecule has 3 rings (SSSR count). The van der Waals surface area contributed by atoms with Crippen LogP contribution in [0.2, 0.25) is 5.02 Å². The molecule has 0 unspecified atom stereocenters. The van der Waals surface area contributed by atoms with E-state index < -0.39 is 11.5 Å². The van der Waals surface area contributed by atoms with E-state index in [9.17, 15) is 9.59 Å². The lowest BCUT2D eigenvalue weighted by Gasteiger charge is -2.11. The molecule has 25 heavy (non-hydrogen) atoms. The van der Waals surface area contributed by atoms with Gasteiger partial charge in [0.2, 0.25) is 0 Å². The summed E-state index contributed by atoms with van der Waals surface area (Å²) in [7, 11) is 1.51. The lowest BCUT2D eigenvalue weighted by Crippen LogP contribution is -2.24. The number of H-pyrrole nitrogens is 1. The molecule has 3 aromatic rings. The van der Waals surface area contributed by atoms with Crippen LogP contribution >= 0.6 is 11.6 Å². The summed E-state index contributed by atoms with van der Waals surface area (Å²) in [4.78, 5) is 27.5. The first kappa shape index (κ1) is 16.8. The van der Waals surface area contributed by atoms with Crippen LogP contribution in [-0.2, 0) is 0 Å². The van der Waals surface area contributed by atoms with Gasteiger partial charge in [0.1, 0.15) is 11.3 Å². The van der Waals surface area contributed by atoms with Gasteiger partial charge in [-0.25, -0.2) is 0 Å². The normalized spacial score (nSPS) is 10.3. The molecule has 0 spiro atoms. The predicted octanol–water partition coefficient (Wildman–Crippen LogP) is 3.96. The number of halogens is 1. The number of hydrogen-bond acceptors (Lipinski definition) is 3. The molecule has 0 aliphatic heterocycles. The van der Waals surface area contributed by atoms with E-state index in [1.807, 2.05) is 30.3 Å². The van der Waals surface area contributed by atoms with Crippen LogP contribution in [0.4, 0.5) is 5.69 Å². The van der Waals surface area contributed by atoms with E-state index in [1.165, 1.54) is 13.3 Å². The van der Waals surface area contributed by atoms with E-state index in [-0.39, 0.29) is 5.56 Å². The van der Waals surface area contributed by atoms with Gasteiger partial charge in [-0.3, -0.25) is 9.59 Å². The number of carbonyl (C=O) groups excluding carboxylic acids is 1. The van der Waals surface area contributed by atoms with Crippen molar-refractivity contribution >= 4 is 23.2 Å². The van der Waals surface area contributed by atoms with Crippen molar-refractivity contribution in [3.8, 4) is 16.9 Å². The molecule has 6 heteroatoms. The molecule has 1 heterocycles. The third-order valence-corrected chi connectivity index (χ3v) is 3.98. The highest BCUT2D eigenvalue weighted by Gasteiger charge is 2.17. The van der Waals surface area contributed by atoms with Gasteiger partial charge in [0.05, 0.1) is 12.1 Å². The van der Waals surface area contributed by atoms with E-state index in [2.05, 4.69) is 10.3 Å². The quantitative estimate of drug-likeness (QED) is 0.745. The highest BCUT2D eigenvalue weighted by atomic mass is 35.5. The van der Waals surface area contributed by atoms with Crippen molar-refractivity contribution in [2.24, 2.45) is 0 Å². The van der Waals surface area contributed by atoms with Gasteiger partial charge in [0, 0.05) is 17.4 Å². The van der Waals surface area contributed by atoms with Gasteiger partial charge < -0.3 is 15.0 Å². The average Bonchev–Trinajstić information content (AvgIpc) is 2.62. The number of benzene rings is 2. The van der Waals surface area contributed by atoms with Crippen molar-refractivity contribution in [3.63, 3.8) is 0 Å². The second-order valence-corrected chi connectivity index (χ2v) is 5.67. The molecule has 1 amide bonds. The van der Waals surface area contributed by atoms with E-state index in [4.69, 9.17) is 16.3 Å². The maximum Gasteiger partial charge on any atom is 0.261 e. The number of anilines is 1. The summed E-state index contributed by atoms with van der Waals surface area (Å²) < 4.78 is 5.09. The third-order valence-electron chi connectivity index (χ3n) is 3.68. The summed E-state index contributed by atoms with van der Waals surface area (Å²) in [5, 5.41) is 3.07. The first-order chi connectivity index (χ1) is 12.1. The maximum atomic E-state index is 12.7. The minimum absolute atomic E-state index is 0.0423. The number of hydrogen-bond donors (Lipinski definition) is 2. The molecule has 0 fully saturated rings. The summed E-state index contributed by atoms with van der Waals surface area (Å²) in [5.74, 6) is -0.0101. The molecule has 0 atom stereocenters. The van der Waals surface area contributed by atoms with Crippen LogP contribution in [0, 0.1) is 0 Å². The Morgan fingerprint density at radius 3 is 2.56 bits per heavy atom. The zero-order valence-corrected chi connectivity index (χ0v) is 14.1. The van der Waals surface area contributed by atoms with Crippen molar-refractivity contribution in [1.82, 2.24) is 4.98 Å². The third kappa shape index (κ3) is 3.56. The Kier molecular flexibility index (Phi) is 4.86. The fraction of sp³-hybridized carbons (Fsp3) is 0.0526. The van der Waals surface area contributed by atoms with Gasteiger partial charge in [-0.05, 0) is 29.8 Å². The minimum Gasteiger partial charge on any atom is -0.495 e. The molecular weight excluding hydrogens is 340 g/mol. The van der Waals surface area contributed by atoms with E-state index >= 15 is 0 Å². The van der Waals surface area contributed by atoms with Gasteiger partial charge in [-0.2, -0.15) is 0 Å². The molecule has 0 aliphatic rings. The van der Waals surface area contributed by atoms with Crippen LogP contribution < -0.4 is 15.6 Å². The van der Waals surface area contributed by atoms with Crippen LogP contribution in [0.3, 0.4) is 0 Å². The Labute approximate surface area is 149 Å². The molecule has 2 N–H and O–H groups in total. The Morgan fingerprint density at radius 2 is 1.88 bits per heavy atom. The van der Waals surface area contributed by atoms with Crippen molar-refractivity contribution in [1.29, 1.82) is 0 Å². The van der Waals surface area contributed by atoms with E-state index in [0.717, 1.165) is 5.56 Å². The Hall–Kier alpha value is -3.05. The molecule has 2 aromatic carbocycles. The first-order valence-corrected chi connectivity index (χ1v) is 7.90. The average molecular weight is 355 g/mol. The van der Waals surface area contributed by atoms with Crippen LogP contribution in [-0.4, -0.2) is 18.0 Å². The molecule has 1 aromatic heterocycles. The number of nitrogens with one attached hydrogen (secondary N) is 2. The molecule has 0 aliphatic carbocycles. The number of methoxy groups -OCH3 is 1. The van der Waals surface area contributed by atoms with Crippen LogP contribution in [0.15, 0.2) is 65.6 Å². The van der Waals surface area contributed by atoms with Crippen molar-refractivity contribution in [3.05, 3.63) is 81.7 Å². The summed E-state index contributed by atoms with van der Waals surface area (Å²) in [6, 6.07) is 15.8. The fourth-order valence-corrected chi connectivity index (χ4v) is 2.76. The van der Waals surface area contributed by atoms with Crippen LogP contribution in [0.1, 0.15) is 10.4 Å². The molecular formula is C19H15ClN2O3. The van der Waals surface area contributed by atoms with E-state index in [0.29, 0.717) is 22.0 Å². The van der Waals surface area contributed by atoms with Crippen molar-refractivity contribution in [2.45, 2.75) is 0 Å². The Bertz CT molecular complexity index is 968. The smallest absolute Gasteiger partial charge is 0.261 e. The summed E-state index contributed by atoms with van der Waals surface area (Å²) >= 11 is 6.07. The molecule has 0 radical (unpaired) electrons. The molecule has 126 valence electrons. The standard InChI is InChI=1S/C19H15ClN2O3/c1-25-16-8-7-13(11-15(16)20)22-19(24)17-14(9-10-21-18(17)23)12-5-3-2-4-6-12/h2-11H,1H3,(H,21,23)(H,22,24). The topological polar surface area (TPSA) is 71.2 Å². The maximum absolute atomic E-state index is 12.7. The lowest BCUT2D eigenvalue weighted by molar-refractivity contribution is 0.102. The minimum atomic E-state index is -0.512. The van der Waals surface area contributed by atoms with Crippen molar-refractivity contribution < 1.29 is 9.53 Å². The molecule has 0 saturated heterocycles. The SMILES string of the molecule is COc1ccc(NC(=O)c2c(-c3ccccc3)cc[nH]c2=O)cc1Cl. The fourth-order valence-electron chi connectivity index (χ4n) is 2.50. The summed E-state index contributed by atoms with van der Waals surface area (Å²) in [5.41, 5.74) is 1.39. The molecule has 5 nitrogen and oxygen atoms in total. The number of rotatable bonds is 4. The molecule has 0 bridgehead atoms. The predicted molar refractivity (Wildman–Crippen MR) is 98.5 cm³/mol. The van der Waals surface area contributed by atoms with E-state index in [1.54, 1.807) is 24.3 Å². The monoisotopic (exact) mass is 354 g/mol. The summed E-state index contributed by atoms with van der Waals surface area (Å²) in [6.07, 6.45) is 1.52. The number of pyridine rings is 1. The zero-order valence-electron chi connectivity index (χ0n) is 13.4. The Morgan fingerprint density at radius 1 is 1.12 bits per heavy atom. The van der Waals surface area contributed by atoms with Crippen LogP contribution in [0.25, 0.3) is 11.1 Å². The lowest BCUT2D eigenvalue weighted by atomic mass is 10.0. The second-order valence-electron chi connectivity index (χ2n) is 5.26. The van der Waals surface area contributed by atoms with Crippen molar-refractivity contribution in [2.75, 3.05) is 12.4 Å². The number of amides is 1. The highest BCUT2D eigenvalue weighted by molar-refractivity contribution is 6.32. The Balaban J connectivity index is 1.98. The van der Waals surface area contributed by atoms with Gasteiger partial charge in [0.25, 0.3) is 11.5 Å². The highest BCUT2D eigenvalue weighted by Crippen LogP contribution is 2.28. The molecule has 0 saturated carbocycles. The second kappa shape index (κ2) is 7.23. The number of ether oxygens (including phenoxy) is 1. The summed E-state index contributed by atoms with van der Waals surface area (Å²) in [6.45, 7) is 0. The number of aromatic amines is 1. The first-order valence-electron chi connectivity index (χ1n) is 7.52. The van der Waals surface area contributed by atoms with Crippen LogP contribution in [0.5, 0.6) is 5.75 Å². The largest absolute Gasteiger partial charge is 0.495 e. The number of aromatic nitrogens is 1. The van der Waals surface area contributed by atoms with Gasteiger partial charge in [0.15, 0.2) is 0 Å². The van der Waals surface area contributed by atoms with Gasteiger partial charge in [-0.15, -0.1) is 0 Å². The zero-order chi connectivity index (χ0) is 17.8. The van der Waals surface area contributed by atoms with Gasteiger partial charge in [-0.1, -0.05) is 41.9 Å². The number of carbonyl (C=O) groups is 1. The van der Waals surface area contributed by atoms with Gasteiger partial charge >= 0.3 is 0 Å².